The fraction of sp³-hybridized carbons (Fsp3) is 0.0714. The van der Waals surface area contributed by atoms with Crippen LogP contribution in [0.25, 0.3) is 0 Å². The van der Waals surface area contributed by atoms with Crippen LogP contribution < -0.4 is 11.1 Å². The smallest absolute Gasteiger partial charge is 0.255 e. The molecule has 0 heterocycles. The molecular formula is C14H11BrF2N2O. The van der Waals surface area contributed by atoms with E-state index in [-0.39, 0.29) is 10.0 Å². The number of carbonyl (C=O) groups excluding carboxylic acids is 1. The summed E-state index contributed by atoms with van der Waals surface area (Å²) in [6.07, 6.45) is 0. The normalized spacial score (nSPS) is 10.4. The lowest BCUT2D eigenvalue weighted by Crippen LogP contribution is -2.15. The first-order valence-corrected chi connectivity index (χ1v) is 6.49. The van der Waals surface area contributed by atoms with Crippen molar-refractivity contribution in [2.45, 2.75) is 6.92 Å². The number of carbonyl (C=O) groups is 1. The summed E-state index contributed by atoms with van der Waals surface area (Å²) >= 11 is 2.97. The number of benzene rings is 2. The molecular weight excluding hydrogens is 330 g/mol. The molecule has 1 amide bonds. The van der Waals surface area contributed by atoms with Gasteiger partial charge in [-0.2, -0.15) is 0 Å². The van der Waals surface area contributed by atoms with E-state index < -0.39 is 23.2 Å². The molecule has 0 atom stereocenters. The van der Waals surface area contributed by atoms with Gasteiger partial charge in [0.15, 0.2) is 11.6 Å². The Bertz CT molecular complexity index is 646. The highest BCUT2D eigenvalue weighted by Crippen LogP contribution is 2.24. The van der Waals surface area contributed by atoms with Crippen molar-refractivity contribution in [1.29, 1.82) is 0 Å². The Morgan fingerprint density at radius 2 is 1.75 bits per heavy atom. The summed E-state index contributed by atoms with van der Waals surface area (Å²) in [7, 11) is 0. The fourth-order valence-corrected chi connectivity index (χ4v) is 2.19. The van der Waals surface area contributed by atoms with Crippen LogP contribution in [0.1, 0.15) is 15.9 Å². The number of rotatable bonds is 2. The zero-order valence-corrected chi connectivity index (χ0v) is 12.1. The molecule has 0 bridgehead atoms. The van der Waals surface area contributed by atoms with E-state index in [1.807, 2.05) is 0 Å². The number of nitrogen functional groups attached to an aromatic ring is 1. The van der Waals surface area contributed by atoms with E-state index in [1.54, 1.807) is 19.1 Å². The van der Waals surface area contributed by atoms with Crippen LogP contribution in [0.4, 0.5) is 20.2 Å². The summed E-state index contributed by atoms with van der Waals surface area (Å²) < 4.78 is 27.5. The van der Waals surface area contributed by atoms with Crippen LogP contribution in [-0.2, 0) is 0 Å². The maximum Gasteiger partial charge on any atom is 0.255 e. The second-order valence-corrected chi connectivity index (χ2v) is 5.25. The molecule has 0 aliphatic heterocycles. The minimum atomic E-state index is -0.856. The van der Waals surface area contributed by atoms with E-state index in [9.17, 15) is 13.6 Å². The lowest BCUT2D eigenvalue weighted by molar-refractivity contribution is 0.102. The van der Waals surface area contributed by atoms with Crippen LogP contribution in [0.15, 0.2) is 34.8 Å². The zero-order valence-electron chi connectivity index (χ0n) is 10.5. The molecule has 104 valence electrons. The molecule has 2 aromatic carbocycles. The Morgan fingerprint density at radius 3 is 2.30 bits per heavy atom. The van der Waals surface area contributed by atoms with E-state index in [0.717, 1.165) is 17.7 Å². The summed E-state index contributed by atoms with van der Waals surface area (Å²) in [5.74, 6) is -2.34. The summed E-state index contributed by atoms with van der Waals surface area (Å²) in [4.78, 5) is 12.0. The van der Waals surface area contributed by atoms with Gasteiger partial charge in [-0.1, -0.05) is 15.9 Å². The zero-order chi connectivity index (χ0) is 14.9. The van der Waals surface area contributed by atoms with Gasteiger partial charge in [-0.3, -0.25) is 4.79 Å². The van der Waals surface area contributed by atoms with Crippen molar-refractivity contribution in [2.75, 3.05) is 11.1 Å². The molecule has 6 heteroatoms. The fourth-order valence-electron chi connectivity index (χ4n) is 1.79. The second kappa shape index (κ2) is 5.58. The Labute approximate surface area is 122 Å². The van der Waals surface area contributed by atoms with Crippen molar-refractivity contribution in [2.24, 2.45) is 0 Å². The Hall–Kier alpha value is -1.95. The van der Waals surface area contributed by atoms with Crippen molar-refractivity contribution < 1.29 is 13.6 Å². The molecule has 3 N–H and O–H groups in total. The molecule has 0 aliphatic carbocycles. The van der Waals surface area contributed by atoms with Crippen LogP contribution >= 0.6 is 15.9 Å². The van der Waals surface area contributed by atoms with Gasteiger partial charge in [-0.25, -0.2) is 8.78 Å². The Morgan fingerprint density at radius 1 is 1.15 bits per heavy atom. The van der Waals surface area contributed by atoms with E-state index >= 15 is 0 Å². The number of amides is 1. The third-order valence-electron chi connectivity index (χ3n) is 2.61. The summed E-state index contributed by atoms with van der Waals surface area (Å²) in [5, 5.41) is 2.21. The monoisotopic (exact) mass is 340 g/mol. The molecule has 2 aromatic rings. The van der Waals surface area contributed by atoms with Crippen molar-refractivity contribution in [3.63, 3.8) is 0 Å². The predicted octanol–water partition coefficient (Wildman–Crippen LogP) is 3.87. The Balaban J connectivity index is 2.32. The predicted molar refractivity (Wildman–Crippen MR) is 77.6 cm³/mol. The average Bonchev–Trinajstić information content (AvgIpc) is 2.32. The number of aryl methyl sites for hydroxylation is 1. The van der Waals surface area contributed by atoms with E-state index in [2.05, 4.69) is 21.2 Å². The molecule has 0 radical (unpaired) electrons. The maximum atomic E-state index is 13.6. The van der Waals surface area contributed by atoms with Crippen molar-refractivity contribution in [1.82, 2.24) is 0 Å². The van der Waals surface area contributed by atoms with Crippen LogP contribution in [-0.4, -0.2) is 5.91 Å². The van der Waals surface area contributed by atoms with Gasteiger partial charge in [0.25, 0.3) is 5.91 Å². The SMILES string of the molecule is Cc1cc(N)cc(C(=O)Nc2c(F)cc(Br)cc2F)c1. The third-order valence-corrected chi connectivity index (χ3v) is 3.07. The van der Waals surface area contributed by atoms with Crippen LogP contribution in [0.5, 0.6) is 0 Å². The molecule has 0 saturated carbocycles. The summed E-state index contributed by atoms with van der Waals surface area (Å²) in [6, 6.07) is 6.86. The first kappa shape index (κ1) is 14.5. The average molecular weight is 341 g/mol. The number of halogens is 3. The highest BCUT2D eigenvalue weighted by Gasteiger charge is 2.15. The molecule has 0 fully saturated rings. The molecule has 0 saturated heterocycles. The summed E-state index contributed by atoms with van der Waals surface area (Å²) in [6.45, 7) is 1.77. The molecule has 20 heavy (non-hydrogen) atoms. The molecule has 2 rings (SSSR count). The second-order valence-electron chi connectivity index (χ2n) is 4.33. The molecule has 0 unspecified atom stereocenters. The van der Waals surface area contributed by atoms with Crippen LogP contribution in [0, 0.1) is 18.6 Å². The van der Waals surface area contributed by atoms with Gasteiger partial charge in [-0.15, -0.1) is 0 Å². The third kappa shape index (κ3) is 3.14. The van der Waals surface area contributed by atoms with Gasteiger partial charge < -0.3 is 11.1 Å². The quantitative estimate of drug-likeness (QED) is 0.815. The minimum absolute atomic E-state index is 0.240. The summed E-state index contributed by atoms with van der Waals surface area (Å²) in [5.41, 5.74) is 6.58. The van der Waals surface area contributed by atoms with E-state index in [0.29, 0.717) is 5.69 Å². The van der Waals surface area contributed by atoms with Crippen LogP contribution in [0.2, 0.25) is 0 Å². The largest absolute Gasteiger partial charge is 0.399 e. The van der Waals surface area contributed by atoms with Crippen molar-refractivity contribution in [3.8, 4) is 0 Å². The number of anilines is 2. The van der Waals surface area contributed by atoms with Gasteiger partial charge in [0, 0.05) is 15.7 Å². The number of nitrogens with one attached hydrogen (secondary N) is 1. The van der Waals surface area contributed by atoms with Crippen molar-refractivity contribution >= 4 is 33.2 Å². The van der Waals surface area contributed by atoms with Gasteiger partial charge in [0.1, 0.15) is 5.69 Å². The highest BCUT2D eigenvalue weighted by atomic mass is 79.9. The van der Waals surface area contributed by atoms with E-state index in [1.165, 1.54) is 6.07 Å². The number of hydrogen-bond acceptors (Lipinski definition) is 2. The number of nitrogens with two attached hydrogens (primary N) is 1. The Kier molecular flexibility index (Phi) is 4.04. The maximum absolute atomic E-state index is 13.6. The number of hydrogen-bond donors (Lipinski definition) is 2. The van der Waals surface area contributed by atoms with Crippen LogP contribution in [0.3, 0.4) is 0 Å². The van der Waals surface area contributed by atoms with Gasteiger partial charge in [0.2, 0.25) is 0 Å². The topological polar surface area (TPSA) is 55.1 Å². The molecule has 0 aliphatic rings. The highest BCUT2D eigenvalue weighted by molar-refractivity contribution is 9.10. The first-order valence-electron chi connectivity index (χ1n) is 5.70. The standard InChI is InChI=1S/C14H11BrF2N2O/c1-7-2-8(4-10(18)3-7)14(20)19-13-11(16)5-9(15)6-12(13)17/h2-6H,18H2,1H3,(H,19,20). The van der Waals surface area contributed by atoms with Gasteiger partial charge in [-0.05, 0) is 42.8 Å². The van der Waals surface area contributed by atoms with Gasteiger partial charge in [0.05, 0.1) is 0 Å². The lowest BCUT2D eigenvalue weighted by Gasteiger charge is -2.09. The van der Waals surface area contributed by atoms with E-state index in [4.69, 9.17) is 5.73 Å². The van der Waals surface area contributed by atoms with Gasteiger partial charge >= 0.3 is 0 Å². The molecule has 0 aromatic heterocycles. The molecule has 3 nitrogen and oxygen atoms in total. The molecule has 0 spiro atoms. The minimum Gasteiger partial charge on any atom is -0.399 e. The first-order chi connectivity index (χ1) is 9.36. The van der Waals surface area contributed by atoms with Crippen molar-refractivity contribution in [3.05, 3.63) is 57.6 Å². The lowest BCUT2D eigenvalue weighted by atomic mass is 10.1.